The van der Waals surface area contributed by atoms with Gasteiger partial charge < -0.3 is 14.5 Å². The molecule has 3 saturated heterocycles. The quantitative estimate of drug-likeness (QED) is 0.823. The summed E-state index contributed by atoms with van der Waals surface area (Å²) in [4.78, 5) is 33.3. The van der Waals surface area contributed by atoms with Crippen LogP contribution in [0, 0.1) is 24.7 Å². The van der Waals surface area contributed by atoms with Crippen molar-refractivity contribution >= 4 is 23.2 Å². The van der Waals surface area contributed by atoms with Gasteiger partial charge in [-0.25, -0.2) is 4.98 Å². The summed E-state index contributed by atoms with van der Waals surface area (Å²) in [6.45, 7) is 5.81. The Morgan fingerprint density at radius 2 is 2.30 bits per heavy atom. The Kier molecular flexibility index (Phi) is 3.85. The molecule has 1 aromatic rings. The molecule has 0 N–H and O–H groups in total. The molecule has 3 aliphatic heterocycles. The average molecular weight is 335 g/mol. The van der Waals surface area contributed by atoms with Crippen LogP contribution in [-0.2, 0) is 20.9 Å². The summed E-state index contributed by atoms with van der Waals surface area (Å²) in [7, 11) is 0. The highest BCUT2D eigenvalue weighted by Crippen LogP contribution is 2.34. The van der Waals surface area contributed by atoms with E-state index in [2.05, 4.69) is 4.98 Å². The van der Waals surface area contributed by atoms with E-state index < -0.39 is 0 Å². The van der Waals surface area contributed by atoms with Crippen molar-refractivity contribution in [2.75, 3.05) is 32.8 Å². The fourth-order valence-electron chi connectivity index (χ4n) is 3.93. The molecule has 0 saturated carbocycles. The fourth-order valence-corrected chi connectivity index (χ4v) is 4.53. The highest BCUT2D eigenvalue weighted by molar-refractivity contribution is 7.09. The number of ether oxygens (including phenoxy) is 1. The molecule has 23 heavy (non-hydrogen) atoms. The first-order valence-electron chi connectivity index (χ1n) is 8.18. The Morgan fingerprint density at radius 3 is 2.96 bits per heavy atom. The third-order valence-corrected chi connectivity index (χ3v) is 5.96. The standard InChI is InChI=1S/C16H21N3O3S/c1-10-17-13(9-23-10)6-18-4-12-5-19(7-14(12)16(18)21)15(20)11-2-3-22-8-11/h9,11-12,14H,2-8H2,1H3/t11-,12-,14+/m1/s1. The molecule has 124 valence electrons. The maximum absolute atomic E-state index is 12.6. The molecule has 6 nitrogen and oxygen atoms in total. The largest absolute Gasteiger partial charge is 0.381 e. The van der Waals surface area contributed by atoms with Gasteiger partial charge in [0.1, 0.15) is 0 Å². The summed E-state index contributed by atoms with van der Waals surface area (Å²) < 4.78 is 5.31. The molecule has 0 bridgehead atoms. The van der Waals surface area contributed by atoms with Gasteiger partial charge in [0, 0.05) is 37.5 Å². The van der Waals surface area contributed by atoms with E-state index in [1.165, 1.54) is 0 Å². The Morgan fingerprint density at radius 1 is 1.43 bits per heavy atom. The molecule has 3 aliphatic rings. The molecule has 0 radical (unpaired) electrons. The number of carbonyl (C=O) groups excluding carboxylic acids is 2. The first kappa shape index (κ1) is 15.1. The van der Waals surface area contributed by atoms with E-state index in [1.54, 1.807) is 11.3 Å². The second-order valence-corrected chi connectivity index (χ2v) is 7.81. The minimum Gasteiger partial charge on any atom is -0.381 e. The van der Waals surface area contributed by atoms with Crippen LogP contribution in [0.3, 0.4) is 0 Å². The minimum atomic E-state index is -0.0268. The fraction of sp³-hybridized carbons (Fsp3) is 0.688. The minimum absolute atomic E-state index is 0.00184. The zero-order valence-electron chi connectivity index (χ0n) is 13.2. The number of fused-ring (bicyclic) bond motifs is 1. The van der Waals surface area contributed by atoms with Gasteiger partial charge in [0.15, 0.2) is 0 Å². The van der Waals surface area contributed by atoms with E-state index in [-0.39, 0.29) is 29.6 Å². The average Bonchev–Trinajstić information content (AvgIpc) is 3.28. The van der Waals surface area contributed by atoms with Crippen molar-refractivity contribution in [1.29, 1.82) is 0 Å². The summed E-state index contributed by atoms with van der Waals surface area (Å²) in [5, 5.41) is 3.05. The van der Waals surface area contributed by atoms with Crippen LogP contribution in [0.2, 0.25) is 0 Å². The highest BCUT2D eigenvalue weighted by Gasteiger charge is 2.48. The van der Waals surface area contributed by atoms with E-state index in [0.717, 1.165) is 23.7 Å². The maximum Gasteiger partial charge on any atom is 0.228 e. The predicted octanol–water partition coefficient (Wildman–Crippen LogP) is 0.905. The van der Waals surface area contributed by atoms with Gasteiger partial charge in [0.2, 0.25) is 11.8 Å². The third-order valence-electron chi connectivity index (χ3n) is 5.13. The van der Waals surface area contributed by atoms with Crippen LogP contribution < -0.4 is 0 Å². The summed E-state index contributed by atoms with van der Waals surface area (Å²) in [5.74, 6) is 0.595. The lowest BCUT2D eigenvalue weighted by molar-refractivity contribution is -0.136. The Labute approximate surface area is 139 Å². The van der Waals surface area contributed by atoms with Crippen molar-refractivity contribution in [3.63, 3.8) is 0 Å². The number of hydrogen-bond donors (Lipinski definition) is 0. The van der Waals surface area contributed by atoms with Crippen molar-refractivity contribution in [3.8, 4) is 0 Å². The molecule has 1 aromatic heterocycles. The van der Waals surface area contributed by atoms with Crippen LogP contribution in [0.5, 0.6) is 0 Å². The number of aryl methyl sites for hydroxylation is 1. The summed E-state index contributed by atoms with van der Waals surface area (Å²) in [6, 6.07) is 0. The van der Waals surface area contributed by atoms with E-state index in [9.17, 15) is 9.59 Å². The Bertz CT molecular complexity index is 626. The number of likely N-dealkylation sites (tertiary alicyclic amines) is 2. The van der Waals surface area contributed by atoms with Gasteiger partial charge in [-0.2, -0.15) is 0 Å². The normalized spacial score (nSPS) is 30.3. The van der Waals surface area contributed by atoms with Gasteiger partial charge >= 0.3 is 0 Å². The highest BCUT2D eigenvalue weighted by atomic mass is 32.1. The van der Waals surface area contributed by atoms with E-state index >= 15 is 0 Å². The molecule has 7 heteroatoms. The van der Waals surface area contributed by atoms with Crippen LogP contribution in [0.15, 0.2) is 5.38 Å². The number of carbonyl (C=O) groups is 2. The van der Waals surface area contributed by atoms with Gasteiger partial charge in [-0.05, 0) is 13.3 Å². The van der Waals surface area contributed by atoms with Gasteiger partial charge in [0.05, 0.1) is 35.7 Å². The SMILES string of the molecule is Cc1nc(CN2C[C@@H]3CN(C(=O)[C@@H]4CCOC4)C[C@@H]3C2=O)cs1. The number of amides is 2. The second-order valence-electron chi connectivity index (χ2n) is 6.75. The topological polar surface area (TPSA) is 62.7 Å². The lowest BCUT2D eigenvalue weighted by Crippen LogP contribution is -2.38. The van der Waals surface area contributed by atoms with E-state index in [4.69, 9.17) is 4.74 Å². The van der Waals surface area contributed by atoms with Crippen LogP contribution in [0.4, 0.5) is 0 Å². The molecule has 3 fully saturated rings. The second kappa shape index (κ2) is 5.87. The first-order chi connectivity index (χ1) is 11.1. The molecule has 0 aliphatic carbocycles. The summed E-state index contributed by atoms with van der Waals surface area (Å²) >= 11 is 1.61. The zero-order chi connectivity index (χ0) is 16.0. The van der Waals surface area contributed by atoms with Gasteiger partial charge in [0.25, 0.3) is 0 Å². The Hall–Kier alpha value is -1.47. The molecular formula is C16H21N3O3S. The lowest BCUT2D eigenvalue weighted by atomic mass is 10.0. The lowest BCUT2D eigenvalue weighted by Gasteiger charge is -2.23. The molecule has 2 amide bonds. The monoisotopic (exact) mass is 335 g/mol. The maximum atomic E-state index is 12.6. The van der Waals surface area contributed by atoms with Crippen LogP contribution >= 0.6 is 11.3 Å². The summed E-state index contributed by atoms with van der Waals surface area (Å²) in [6.07, 6.45) is 0.813. The van der Waals surface area contributed by atoms with Crippen LogP contribution in [0.25, 0.3) is 0 Å². The third kappa shape index (κ3) is 2.76. The molecule has 4 rings (SSSR count). The van der Waals surface area contributed by atoms with E-state index in [1.807, 2.05) is 22.1 Å². The number of aromatic nitrogens is 1. The number of hydrogen-bond acceptors (Lipinski definition) is 5. The van der Waals surface area contributed by atoms with Crippen LogP contribution in [-0.4, -0.2) is 59.4 Å². The van der Waals surface area contributed by atoms with Crippen molar-refractivity contribution < 1.29 is 14.3 Å². The van der Waals surface area contributed by atoms with Gasteiger partial charge in [-0.3, -0.25) is 9.59 Å². The predicted molar refractivity (Wildman–Crippen MR) is 84.8 cm³/mol. The Balaban J connectivity index is 1.38. The van der Waals surface area contributed by atoms with E-state index in [0.29, 0.717) is 32.8 Å². The zero-order valence-corrected chi connectivity index (χ0v) is 14.1. The molecule has 0 aromatic carbocycles. The molecule has 3 atom stereocenters. The number of rotatable bonds is 3. The van der Waals surface area contributed by atoms with Crippen molar-refractivity contribution in [2.24, 2.45) is 17.8 Å². The van der Waals surface area contributed by atoms with Gasteiger partial charge in [-0.15, -0.1) is 11.3 Å². The van der Waals surface area contributed by atoms with Crippen molar-refractivity contribution in [2.45, 2.75) is 19.9 Å². The van der Waals surface area contributed by atoms with Crippen molar-refractivity contribution in [1.82, 2.24) is 14.8 Å². The van der Waals surface area contributed by atoms with Crippen LogP contribution in [0.1, 0.15) is 17.1 Å². The molecule has 0 spiro atoms. The van der Waals surface area contributed by atoms with Crippen molar-refractivity contribution in [3.05, 3.63) is 16.1 Å². The first-order valence-corrected chi connectivity index (χ1v) is 9.06. The molecule has 4 heterocycles. The number of thiazole rings is 1. The number of nitrogens with zero attached hydrogens (tertiary/aromatic N) is 3. The molecular weight excluding hydrogens is 314 g/mol. The van der Waals surface area contributed by atoms with Gasteiger partial charge in [-0.1, -0.05) is 0 Å². The molecule has 0 unspecified atom stereocenters. The smallest absolute Gasteiger partial charge is 0.228 e. The summed E-state index contributed by atoms with van der Waals surface area (Å²) in [5.41, 5.74) is 0.969.